The van der Waals surface area contributed by atoms with Crippen molar-refractivity contribution in [3.05, 3.63) is 12.4 Å². The van der Waals surface area contributed by atoms with E-state index in [9.17, 15) is 13.2 Å². The molecule has 1 aromatic heterocycles. The van der Waals surface area contributed by atoms with Gasteiger partial charge < -0.3 is 4.74 Å². The molecule has 0 aliphatic heterocycles. The number of aromatic nitrogens is 2. The third kappa shape index (κ3) is 3.08. The molecule has 0 aliphatic rings. The lowest BCUT2D eigenvalue weighted by Gasteiger charge is -2.23. The van der Waals surface area contributed by atoms with Crippen molar-refractivity contribution in [1.29, 1.82) is 0 Å². The Kier molecular flexibility index (Phi) is 4.47. The molecule has 18 heavy (non-hydrogen) atoms. The molecule has 0 spiro atoms. The number of hydrogen-bond donors (Lipinski definition) is 0. The van der Waals surface area contributed by atoms with Crippen molar-refractivity contribution in [1.82, 2.24) is 14.1 Å². The first-order valence-electron chi connectivity index (χ1n) is 5.36. The van der Waals surface area contributed by atoms with E-state index >= 15 is 0 Å². The Morgan fingerprint density at radius 1 is 1.56 bits per heavy atom. The number of hydrogen-bond acceptors (Lipinski definition) is 5. The van der Waals surface area contributed by atoms with Gasteiger partial charge in [0.1, 0.15) is 11.4 Å². The fourth-order valence-electron chi connectivity index (χ4n) is 1.40. The van der Waals surface area contributed by atoms with E-state index in [1.807, 2.05) is 0 Å². The fraction of sp³-hybridized carbons (Fsp3) is 0.600. The maximum Gasteiger partial charge on any atom is 0.321 e. The van der Waals surface area contributed by atoms with Gasteiger partial charge in [0, 0.05) is 19.3 Å². The van der Waals surface area contributed by atoms with Crippen LogP contribution >= 0.6 is 0 Å². The van der Waals surface area contributed by atoms with Crippen LogP contribution in [-0.4, -0.2) is 48.2 Å². The summed E-state index contributed by atoms with van der Waals surface area (Å²) in [5.41, 5.74) is 0. The van der Waals surface area contributed by atoms with Crippen LogP contribution < -0.4 is 0 Å². The van der Waals surface area contributed by atoms with Crippen LogP contribution in [0.3, 0.4) is 0 Å². The van der Waals surface area contributed by atoms with Crippen LogP contribution in [0.5, 0.6) is 0 Å². The van der Waals surface area contributed by atoms with Crippen LogP contribution in [0, 0.1) is 0 Å². The van der Waals surface area contributed by atoms with Gasteiger partial charge in [-0.05, 0) is 13.8 Å². The summed E-state index contributed by atoms with van der Waals surface area (Å²) in [6.07, 6.45) is 2.64. The minimum Gasteiger partial charge on any atom is -0.468 e. The lowest BCUT2D eigenvalue weighted by Crippen LogP contribution is -2.40. The number of ether oxygens (including phenoxy) is 1. The van der Waals surface area contributed by atoms with E-state index in [2.05, 4.69) is 9.84 Å². The Morgan fingerprint density at radius 2 is 2.17 bits per heavy atom. The SMILES string of the molecule is COC(=O)CN(C(C)C)S(=O)(=O)c1cnn(C)c1. The van der Waals surface area contributed by atoms with Gasteiger partial charge in [-0.3, -0.25) is 9.48 Å². The summed E-state index contributed by atoms with van der Waals surface area (Å²) >= 11 is 0. The molecule has 1 aromatic rings. The first-order chi connectivity index (χ1) is 8.28. The monoisotopic (exact) mass is 275 g/mol. The molecule has 1 rings (SSSR count). The molecule has 1 heterocycles. The van der Waals surface area contributed by atoms with Gasteiger partial charge in [0.2, 0.25) is 10.0 Å². The van der Waals surface area contributed by atoms with Gasteiger partial charge in [-0.1, -0.05) is 0 Å². The number of carbonyl (C=O) groups excluding carboxylic acids is 1. The Morgan fingerprint density at radius 3 is 2.56 bits per heavy atom. The summed E-state index contributed by atoms with van der Waals surface area (Å²) < 4.78 is 31.6. The zero-order chi connectivity index (χ0) is 13.9. The highest BCUT2D eigenvalue weighted by Crippen LogP contribution is 2.17. The molecule has 0 saturated carbocycles. The van der Waals surface area contributed by atoms with Crippen LogP contribution in [0.15, 0.2) is 17.3 Å². The molecular weight excluding hydrogens is 258 g/mol. The van der Waals surface area contributed by atoms with Gasteiger partial charge in [0.25, 0.3) is 0 Å². The van der Waals surface area contributed by atoms with Crippen LogP contribution in [-0.2, 0) is 26.6 Å². The summed E-state index contributed by atoms with van der Waals surface area (Å²) in [6, 6.07) is -0.352. The van der Waals surface area contributed by atoms with Crippen LogP contribution in [0.25, 0.3) is 0 Å². The van der Waals surface area contributed by atoms with Gasteiger partial charge in [-0.15, -0.1) is 0 Å². The van der Waals surface area contributed by atoms with Gasteiger partial charge in [-0.2, -0.15) is 9.40 Å². The highest BCUT2D eigenvalue weighted by Gasteiger charge is 2.30. The summed E-state index contributed by atoms with van der Waals surface area (Å²) in [4.78, 5) is 11.3. The lowest BCUT2D eigenvalue weighted by molar-refractivity contribution is -0.141. The second-order valence-electron chi connectivity index (χ2n) is 4.07. The number of methoxy groups -OCH3 is 1. The number of nitrogens with zero attached hydrogens (tertiary/aromatic N) is 3. The van der Waals surface area contributed by atoms with Crippen molar-refractivity contribution >= 4 is 16.0 Å². The van der Waals surface area contributed by atoms with E-state index in [1.54, 1.807) is 20.9 Å². The Hall–Kier alpha value is -1.41. The predicted octanol–water partition coefficient (Wildman–Crippen LogP) is -0.00780. The van der Waals surface area contributed by atoms with Gasteiger partial charge in [-0.25, -0.2) is 8.42 Å². The number of carbonyl (C=O) groups is 1. The lowest BCUT2D eigenvalue weighted by atomic mass is 10.4. The van der Waals surface area contributed by atoms with E-state index in [-0.39, 0.29) is 17.5 Å². The molecule has 0 radical (unpaired) electrons. The highest BCUT2D eigenvalue weighted by atomic mass is 32.2. The molecule has 8 heteroatoms. The fourth-order valence-corrected chi connectivity index (χ4v) is 2.97. The first kappa shape index (κ1) is 14.7. The number of aryl methyl sites for hydroxylation is 1. The standard InChI is InChI=1S/C10H17N3O4S/c1-8(2)13(7-10(14)17-4)18(15,16)9-5-11-12(3)6-9/h5-6,8H,7H2,1-4H3. The first-order valence-corrected chi connectivity index (χ1v) is 6.80. The molecule has 0 saturated heterocycles. The Labute approximate surface area is 106 Å². The molecule has 0 N–H and O–H groups in total. The van der Waals surface area contributed by atoms with E-state index in [4.69, 9.17) is 0 Å². The summed E-state index contributed by atoms with van der Waals surface area (Å²) in [7, 11) is -0.892. The molecule has 0 atom stereocenters. The molecule has 0 bridgehead atoms. The smallest absolute Gasteiger partial charge is 0.321 e. The maximum atomic E-state index is 12.3. The Bertz CT molecular complexity index is 521. The third-order valence-corrected chi connectivity index (χ3v) is 4.35. The number of esters is 1. The van der Waals surface area contributed by atoms with Crippen LogP contribution in [0.1, 0.15) is 13.8 Å². The van der Waals surface area contributed by atoms with Crippen molar-refractivity contribution in [3.63, 3.8) is 0 Å². The summed E-state index contributed by atoms with van der Waals surface area (Å²) in [5, 5.41) is 3.82. The van der Waals surface area contributed by atoms with Crippen molar-refractivity contribution in [2.75, 3.05) is 13.7 Å². The van der Waals surface area contributed by atoms with Crippen molar-refractivity contribution in [3.8, 4) is 0 Å². The molecule has 0 unspecified atom stereocenters. The molecule has 0 amide bonds. The van der Waals surface area contributed by atoms with Gasteiger partial charge in [0.05, 0.1) is 13.3 Å². The topological polar surface area (TPSA) is 81.5 Å². The average molecular weight is 275 g/mol. The van der Waals surface area contributed by atoms with Crippen LogP contribution in [0.2, 0.25) is 0 Å². The largest absolute Gasteiger partial charge is 0.468 e. The number of sulfonamides is 1. The summed E-state index contributed by atoms with van der Waals surface area (Å²) in [5.74, 6) is -0.601. The predicted molar refractivity (Wildman–Crippen MR) is 64.3 cm³/mol. The van der Waals surface area contributed by atoms with E-state index in [0.29, 0.717) is 0 Å². The zero-order valence-electron chi connectivity index (χ0n) is 10.8. The zero-order valence-corrected chi connectivity index (χ0v) is 11.6. The molecule has 7 nitrogen and oxygen atoms in total. The summed E-state index contributed by atoms with van der Waals surface area (Å²) in [6.45, 7) is 3.07. The maximum absolute atomic E-state index is 12.3. The van der Waals surface area contributed by atoms with Crippen molar-refractivity contribution < 1.29 is 17.9 Å². The molecule has 102 valence electrons. The van der Waals surface area contributed by atoms with E-state index < -0.39 is 16.0 Å². The third-order valence-electron chi connectivity index (χ3n) is 2.38. The van der Waals surface area contributed by atoms with E-state index in [0.717, 1.165) is 4.31 Å². The molecule has 0 aromatic carbocycles. The minimum atomic E-state index is -3.74. The molecule has 0 aliphatic carbocycles. The molecule has 0 fully saturated rings. The van der Waals surface area contributed by atoms with E-state index in [1.165, 1.54) is 24.2 Å². The van der Waals surface area contributed by atoms with Gasteiger partial charge >= 0.3 is 5.97 Å². The minimum absolute atomic E-state index is 0.0580. The average Bonchev–Trinajstić information content (AvgIpc) is 2.72. The Balaban J connectivity index is 3.09. The van der Waals surface area contributed by atoms with Crippen molar-refractivity contribution in [2.45, 2.75) is 24.8 Å². The quantitative estimate of drug-likeness (QED) is 0.706. The second kappa shape index (κ2) is 5.49. The normalized spacial score (nSPS) is 12.1. The molecular formula is C10H17N3O4S. The van der Waals surface area contributed by atoms with Crippen molar-refractivity contribution in [2.24, 2.45) is 7.05 Å². The second-order valence-corrected chi connectivity index (χ2v) is 5.96. The highest BCUT2D eigenvalue weighted by molar-refractivity contribution is 7.89. The van der Waals surface area contributed by atoms with Gasteiger partial charge in [0.15, 0.2) is 0 Å². The number of rotatable bonds is 5. The van der Waals surface area contributed by atoms with Crippen LogP contribution in [0.4, 0.5) is 0 Å².